The van der Waals surface area contributed by atoms with Gasteiger partial charge in [0, 0.05) is 17.2 Å². The van der Waals surface area contributed by atoms with Gasteiger partial charge in [-0.3, -0.25) is 9.59 Å². The molecular formula is C11H11BrN2O3. The van der Waals surface area contributed by atoms with Gasteiger partial charge in [-0.15, -0.1) is 6.58 Å². The lowest BCUT2D eigenvalue weighted by Crippen LogP contribution is -2.36. The first-order valence-electron chi connectivity index (χ1n) is 4.78. The molecule has 1 amide bonds. The van der Waals surface area contributed by atoms with Crippen LogP contribution in [0.25, 0.3) is 0 Å². The molecule has 1 aromatic heterocycles. The number of hydrogen-bond donors (Lipinski definition) is 1. The summed E-state index contributed by atoms with van der Waals surface area (Å²) in [5.41, 5.74) is 0.205. The van der Waals surface area contributed by atoms with Gasteiger partial charge in [-0.05, 0) is 28.1 Å². The first-order valence-corrected chi connectivity index (χ1v) is 5.57. The van der Waals surface area contributed by atoms with Gasteiger partial charge in [-0.25, -0.2) is 4.98 Å². The monoisotopic (exact) mass is 298 g/mol. The van der Waals surface area contributed by atoms with Gasteiger partial charge in [0.05, 0.1) is 0 Å². The van der Waals surface area contributed by atoms with Crippen molar-refractivity contribution >= 4 is 27.8 Å². The molecule has 5 nitrogen and oxygen atoms in total. The minimum atomic E-state index is -1.07. The van der Waals surface area contributed by atoms with Crippen molar-refractivity contribution in [2.24, 2.45) is 0 Å². The van der Waals surface area contributed by atoms with Gasteiger partial charge in [0.2, 0.25) is 0 Å². The van der Waals surface area contributed by atoms with E-state index in [1.807, 2.05) is 0 Å². The van der Waals surface area contributed by atoms with E-state index in [4.69, 9.17) is 5.11 Å². The van der Waals surface area contributed by atoms with Crippen molar-refractivity contribution in [2.75, 3.05) is 13.1 Å². The molecule has 0 aliphatic heterocycles. The molecule has 90 valence electrons. The van der Waals surface area contributed by atoms with Crippen molar-refractivity contribution in [1.82, 2.24) is 9.88 Å². The predicted molar refractivity (Wildman–Crippen MR) is 65.7 cm³/mol. The first-order chi connectivity index (χ1) is 8.04. The Bertz CT molecular complexity index is 431. The highest BCUT2D eigenvalue weighted by Gasteiger charge is 2.18. The fourth-order valence-electron chi connectivity index (χ4n) is 1.20. The van der Waals surface area contributed by atoms with Crippen LogP contribution in [-0.4, -0.2) is 40.0 Å². The highest BCUT2D eigenvalue weighted by molar-refractivity contribution is 9.10. The summed E-state index contributed by atoms with van der Waals surface area (Å²) >= 11 is 3.20. The summed E-state index contributed by atoms with van der Waals surface area (Å²) in [5.74, 6) is -1.50. The van der Waals surface area contributed by atoms with Crippen molar-refractivity contribution < 1.29 is 14.7 Å². The SMILES string of the molecule is C=CCN(CC(=O)O)C(=O)c1ccc(Br)cn1. The zero-order chi connectivity index (χ0) is 12.8. The third kappa shape index (κ3) is 3.99. The highest BCUT2D eigenvalue weighted by Crippen LogP contribution is 2.09. The maximum absolute atomic E-state index is 11.9. The van der Waals surface area contributed by atoms with Crippen LogP contribution in [0.2, 0.25) is 0 Å². The van der Waals surface area contributed by atoms with Gasteiger partial charge >= 0.3 is 5.97 Å². The second-order valence-corrected chi connectivity index (χ2v) is 4.15. The van der Waals surface area contributed by atoms with E-state index < -0.39 is 11.9 Å². The van der Waals surface area contributed by atoms with Crippen molar-refractivity contribution in [2.45, 2.75) is 0 Å². The zero-order valence-corrected chi connectivity index (χ0v) is 10.6. The number of nitrogens with zero attached hydrogens (tertiary/aromatic N) is 2. The average Bonchev–Trinajstić information content (AvgIpc) is 2.28. The number of rotatable bonds is 5. The lowest BCUT2D eigenvalue weighted by atomic mass is 10.3. The van der Waals surface area contributed by atoms with Crippen molar-refractivity contribution in [1.29, 1.82) is 0 Å². The van der Waals surface area contributed by atoms with Crippen LogP contribution in [0, 0.1) is 0 Å². The molecule has 0 bridgehead atoms. The molecule has 6 heteroatoms. The molecule has 1 rings (SSSR count). The number of aromatic nitrogens is 1. The quantitative estimate of drug-likeness (QED) is 0.838. The van der Waals surface area contributed by atoms with E-state index in [1.54, 1.807) is 6.07 Å². The minimum absolute atomic E-state index is 0.170. The largest absolute Gasteiger partial charge is 0.480 e. The number of carbonyl (C=O) groups excluding carboxylic acids is 1. The first kappa shape index (κ1) is 13.4. The van der Waals surface area contributed by atoms with Gasteiger partial charge in [-0.1, -0.05) is 6.08 Å². The van der Waals surface area contributed by atoms with Crippen LogP contribution >= 0.6 is 15.9 Å². The molecule has 17 heavy (non-hydrogen) atoms. The maximum Gasteiger partial charge on any atom is 0.323 e. The summed E-state index contributed by atoms with van der Waals surface area (Å²) in [6, 6.07) is 3.21. The van der Waals surface area contributed by atoms with E-state index in [9.17, 15) is 9.59 Å². The van der Waals surface area contributed by atoms with Crippen LogP contribution in [0.4, 0.5) is 0 Å². The van der Waals surface area contributed by atoms with E-state index in [-0.39, 0.29) is 18.8 Å². The molecule has 0 fully saturated rings. The topological polar surface area (TPSA) is 70.5 Å². The number of carboxylic acids is 1. The summed E-state index contributed by atoms with van der Waals surface area (Å²) < 4.78 is 0.752. The lowest BCUT2D eigenvalue weighted by molar-refractivity contribution is -0.137. The second kappa shape index (κ2) is 6.15. The van der Waals surface area contributed by atoms with Crippen molar-refractivity contribution in [3.8, 4) is 0 Å². The van der Waals surface area contributed by atoms with Crippen LogP contribution in [0.1, 0.15) is 10.5 Å². The van der Waals surface area contributed by atoms with E-state index in [2.05, 4.69) is 27.5 Å². The Morgan fingerprint density at radius 1 is 1.53 bits per heavy atom. The van der Waals surface area contributed by atoms with Crippen LogP contribution in [-0.2, 0) is 4.79 Å². The van der Waals surface area contributed by atoms with Crippen molar-refractivity contribution in [3.63, 3.8) is 0 Å². The Balaban J connectivity index is 2.86. The summed E-state index contributed by atoms with van der Waals surface area (Å²) in [4.78, 5) is 27.6. The molecule has 0 atom stereocenters. The molecule has 0 spiro atoms. The number of pyridine rings is 1. The summed E-state index contributed by atoms with van der Waals surface area (Å²) in [5, 5.41) is 8.69. The number of carbonyl (C=O) groups is 2. The highest BCUT2D eigenvalue weighted by atomic mass is 79.9. The fourth-order valence-corrected chi connectivity index (χ4v) is 1.44. The van der Waals surface area contributed by atoms with Crippen molar-refractivity contribution in [3.05, 3.63) is 41.2 Å². The average molecular weight is 299 g/mol. The minimum Gasteiger partial charge on any atom is -0.480 e. The Kier molecular flexibility index (Phi) is 4.84. The van der Waals surface area contributed by atoms with Crippen LogP contribution in [0.15, 0.2) is 35.5 Å². The molecule has 0 aliphatic rings. The number of carboxylic acid groups (broad SMARTS) is 1. The van der Waals surface area contributed by atoms with Gasteiger partial charge in [0.1, 0.15) is 12.2 Å². The van der Waals surface area contributed by atoms with E-state index >= 15 is 0 Å². The second-order valence-electron chi connectivity index (χ2n) is 3.23. The fraction of sp³-hybridized carbons (Fsp3) is 0.182. The number of halogens is 1. The van der Waals surface area contributed by atoms with Crippen LogP contribution in [0.3, 0.4) is 0 Å². The number of amides is 1. The third-order valence-corrected chi connectivity index (χ3v) is 2.38. The van der Waals surface area contributed by atoms with Gasteiger partial charge < -0.3 is 10.0 Å². The summed E-state index contributed by atoms with van der Waals surface area (Å²) in [6.07, 6.45) is 2.96. The molecule has 1 N–H and O–H groups in total. The molecular weight excluding hydrogens is 288 g/mol. The smallest absolute Gasteiger partial charge is 0.323 e. The Morgan fingerprint density at radius 2 is 2.24 bits per heavy atom. The van der Waals surface area contributed by atoms with Gasteiger partial charge in [0.25, 0.3) is 5.91 Å². The standard InChI is InChI=1S/C11H11BrN2O3/c1-2-5-14(7-10(15)16)11(17)9-4-3-8(12)6-13-9/h2-4,6H,1,5,7H2,(H,15,16). The third-order valence-electron chi connectivity index (χ3n) is 1.91. The van der Waals surface area contributed by atoms with E-state index in [0.29, 0.717) is 0 Å². The normalized spacial score (nSPS) is 9.71. The number of aliphatic carboxylic acids is 1. The van der Waals surface area contributed by atoms with Crippen LogP contribution in [0.5, 0.6) is 0 Å². The molecule has 1 heterocycles. The zero-order valence-electron chi connectivity index (χ0n) is 8.97. The van der Waals surface area contributed by atoms with E-state index in [0.717, 1.165) is 9.37 Å². The Morgan fingerprint density at radius 3 is 2.71 bits per heavy atom. The molecule has 0 aromatic carbocycles. The lowest BCUT2D eigenvalue weighted by Gasteiger charge is -2.18. The van der Waals surface area contributed by atoms with Crippen LogP contribution < -0.4 is 0 Å². The molecule has 0 unspecified atom stereocenters. The summed E-state index contributed by atoms with van der Waals surface area (Å²) in [6.45, 7) is 3.28. The van der Waals surface area contributed by atoms with Gasteiger partial charge in [-0.2, -0.15) is 0 Å². The Hall–Kier alpha value is -1.69. The molecule has 0 saturated heterocycles. The van der Waals surface area contributed by atoms with E-state index in [1.165, 1.54) is 18.3 Å². The summed E-state index contributed by atoms with van der Waals surface area (Å²) in [7, 11) is 0. The maximum atomic E-state index is 11.9. The molecule has 0 saturated carbocycles. The number of hydrogen-bond acceptors (Lipinski definition) is 3. The molecule has 0 aliphatic carbocycles. The molecule has 1 aromatic rings. The Labute approximate surface area is 107 Å². The molecule has 0 radical (unpaired) electrons. The predicted octanol–water partition coefficient (Wildman–Crippen LogP) is 1.56. The van der Waals surface area contributed by atoms with Gasteiger partial charge in [0.15, 0.2) is 0 Å².